The quantitative estimate of drug-likeness (QED) is 0.698. The topological polar surface area (TPSA) is 23.8 Å². The average molecular weight is 212 g/mol. The lowest BCUT2D eigenvalue weighted by Gasteiger charge is -2.16. The second kappa shape index (κ2) is 3.93. The molecule has 1 nitrogen and oxygen atoms in total. The largest absolute Gasteiger partial charge is 0.417 e. The Bertz CT molecular complexity index is 399. The summed E-state index contributed by atoms with van der Waals surface area (Å²) < 4.78 is 38.1. The van der Waals surface area contributed by atoms with Crippen LogP contribution in [0.1, 0.15) is 30.5 Å². The molecule has 1 aromatic carbocycles. The first kappa shape index (κ1) is 11.6. The molecule has 0 N–H and O–H groups in total. The molecule has 0 unspecified atom stereocenters. The lowest BCUT2D eigenvalue weighted by Crippen LogP contribution is -2.12. The van der Waals surface area contributed by atoms with E-state index in [1.54, 1.807) is 19.9 Å². The lowest BCUT2D eigenvalue weighted by molar-refractivity contribution is -0.138. The maximum absolute atomic E-state index is 12.7. The number of nitriles is 1. The van der Waals surface area contributed by atoms with Gasteiger partial charge in [0, 0.05) is 0 Å². The zero-order chi connectivity index (χ0) is 11.6. The van der Waals surface area contributed by atoms with Crippen LogP contribution in [0.4, 0.5) is 13.2 Å². The number of halogens is 3. The molecular formula is C11H9F3N. The van der Waals surface area contributed by atoms with Gasteiger partial charge in [0.25, 0.3) is 0 Å². The SMILES string of the molecule is C[C](C)c1cccc(C#N)c1C(F)(F)F. The van der Waals surface area contributed by atoms with E-state index in [1.165, 1.54) is 18.2 Å². The minimum atomic E-state index is -4.49. The molecule has 15 heavy (non-hydrogen) atoms. The molecule has 0 aliphatic carbocycles. The van der Waals surface area contributed by atoms with E-state index in [1.807, 2.05) is 0 Å². The van der Waals surface area contributed by atoms with Crippen LogP contribution in [-0.4, -0.2) is 0 Å². The van der Waals surface area contributed by atoms with E-state index in [9.17, 15) is 13.2 Å². The summed E-state index contributed by atoms with van der Waals surface area (Å²) in [4.78, 5) is 0. The zero-order valence-corrected chi connectivity index (χ0v) is 8.31. The highest BCUT2D eigenvalue weighted by atomic mass is 19.4. The number of benzene rings is 1. The number of alkyl halides is 3. The first-order valence-electron chi connectivity index (χ1n) is 4.28. The van der Waals surface area contributed by atoms with Crippen LogP contribution in [0.15, 0.2) is 18.2 Å². The molecule has 1 radical (unpaired) electrons. The normalized spacial score (nSPS) is 11.5. The third-order valence-electron chi connectivity index (χ3n) is 2.01. The molecule has 0 aliphatic rings. The molecule has 0 spiro atoms. The summed E-state index contributed by atoms with van der Waals surface area (Å²) >= 11 is 0. The highest BCUT2D eigenvalue weighted by Gasteiger charge is 2.36. The number of nitrogens with zero attached hydrogens (tertiary/aromatic N) is 1. The third kappa shape index (κ3) is 2.30. The van der Waals surface area contributed by atoms with Crippen LogP contribution in [-0.2, 0) is 6.18 Å². The van der Waals surface area contributed by atoms with E-state index in [2.05, 4.69) is 0 Å². The number of hydrogen-bond donors (Lipinski definition) is 0. The van der Waals surface area contributed by atoms with Crippen molar-refractivity contribution in [1.82, 2.24) is 0 Å². The van der Waals surface area contributed by atoms with E-state index in [0.29, 0.717) is 5.92 Å². The van der Waals surface area contributed by atoms with E-state index in [-0.39, 0.29) is 11.1 Å². The van der Waals surface area contributed by atoms with Gasteiger partial charge in [-0.15, -0.1) is 0 Å². The van der Waals surface area contributed by atoms with Crippen LogP contribution in [0.3, 0.4) is 0 Å². The first-order valence-corrected chi connectivity index (χ1v) is 4.28. The Kier molecular flexibility index (Phi) is 3.04. The molecule has 0 atom stereocenters. The summed E-state index contributed by atoms with van der Waals surface area (Å²) in [5.74, 6) is 0.541. The molecule has 0 saturated carbocycles. The van der Waals surface area contributed by atoms with Gasteiger partial charge in [-0.2, -0.15) is 18.4 Å². The fourth-order valence-electron chi connectivity index (χ4n) is 1.37. The minimum Gasteiger partial charge on any atom is -0.192 e. The second-order valence-corrected chi connectivity index (χ2v) is 3.34. The molecule has 0 saturated heterocycles. The van der Waals surface area contributed by atoms with Gasteiger partial charge in [-0.1, -0.05) is 26.0 Å². The van der Waals surface area contributed by atoms with Crippen LogP contribution >= 0.6 is 0 Å². The fraction of sp³-hybridized carbons (Fsp3) is 0.273. The predicted molar refractivity (Wildman–Crippen MR) is 49.9 cm³/mol. The van der Waals surface area contributed by atoms with Crippen LogP contribution in [0.25, 0.3) is 0 Å². The molecular weight excluding hydrogens is 203 g/mol. The van der Waals surface area contributed by atoms with Crippen molar-refractivity contribution in [2.45, 2.75) is 20.0 Å². The van der Waals surface area contributed by atoms with Crippen molar-refractivity contribution in [3.8, 4) is 6.07 Å². The monoisotopic (exact) mass is 212 g/mol. The Hall–Kier alpha value is -1.50. The Balaban J connectivity index is 3.50. The van der Waals surface area contributed by atoms with Gasteiger partial charge >= 0.3 is 6.18 Å². The van der Waals surface area contributed by atoms with Gasteiger partial charge in [-0.25, -0.2) is 0 Å². The average Bonchev–Trinajstić information content (AvgIpc) is 2.15. The highest BCUT2D eigenvalue weighted by molar-refractivity contribution is 5.49. The Labute approximate surface area is 86.1 Å². The minimum absolute atomic E-state index is 0.0848. The van der Waals surface area contributed by atoms with Crippen LogP contribution in [0.5, 0.6) is 0 Å². The fourth-order valence-corrected chi connectivity index (χ4v) is 1.37. The van der Waals surface area contributed by atoms with Gasteiger partial charge in [-0.05, 0) is 17.5 Å². The molecule has 0 amide bonds. The maximum Gasteiger partial charge on any atom is 0.417 e. The maximum atomic E-state index is 12.7. The highest BCUT2D eigenvalue weighted by Crippen LogP contribution is 2.36. The van der Waals surface area contributed by atoms with Crippen LogP contribution in [0, 0.1) is 17.2 Å². The van der Waals surface area contributed by atoms with Crippen LogP contribution in [0.2, 0.25) is 0 Å². The van der Waals surface area contributed by atoms with Gasteiger partial charge in [0.2, 0.25) is 0 Å². The molecule has 0 fully saturated rings. The van der Waals surface area contributed by atoms with Crippen molar-refractivity contribution in [2.24, 2.45) is 0 Å². The summed E-state index contributed by atoms with van der Waals surface area (Å²) in [5.41, 5.74) is -1.09. The summed E-state index contributed by atoms with van der Waals surface area (Å²) in [6.45, 7) is 3.18. The van der Waals surface area contributed by atoms with Crippen molar-refractivity contribution >= 4 is 0 Å². The Morgan fingerprint density at radius 2 is 1.87 bits per heavy atom. The molecule has 1 rings (SSSR count). The standard InChI is InChI=1S/C11H9F3N/c1-7(2)9-5-3-4-8(6-15)10(9)11(12,13)14/h3-5H,1-2H3. The Morgan fingerprint density at radius 3 is 2.27 bits per heavy atom. The summed E-state index contributed by atoms with van der Waals surface area (Å²) in [5, 5.41) is 8.63. The van der Waals surface area contributed by atoms with Gasteiger partial charge in [0.05, 0.1) is 17.2 Å². The van der Waals surface area contributed by atoms with Crippen molar-refractivity contribution in [3.05, 3.63) is 40.8 Å². The van der Waals surface area contributed by atoms with Crippen molar-refractivity contribution in [1.29, 1.82) is 5.26 Å². The molecule has 4 heteroatoms. The van der Waals surface area contributed by atoms with Crippen molar-refractivity contribution in [3.63, 3.8) is 0 Å². The summed E-state index contributed by atoms with van der Waals surface area (Å²) in [7, 11) is 0. The lowest BCUT2D eigenvalue weighted by atomic mass is 9.93. The van der Waals surface area contributed by atoms with Crippen molar-refractivity contribution < 1.29 is 13.2 Å². The summed E-state index contributed by atoms with van der Waals surface area (Å²) in [6, 6.07) is 5.57. The predicted octanol–water partition coefficient (Wildman–Crippen LogP) is 3.54. The molecule has 79 valence electrons. The number of rotatable bonds is 1. The Morgan fingerprint density at radius 1 is 1.27 bits per heavy atom. The van der Waals surface area contributed by atoms with E-state index in [4.69, 9.17) is 5.26 Å². The molecule has 0 bridgehead atoms. The van der Waals surface area contributed by atoms with Gasteiger partial charge in [-0.3, -0.25) is 0 Å². The van der Waals surface area contributed by atoms with Gasteiger partial charge < -0.3 is 0 Å². The zero-order valence-electron chi connectivity index (χ0n) is 8.31. The second-order valence-electron chi connectivity index (χ2n) is 3.34. The smallest absolute Gasteiger partial charge is 0.192 e. The molecule has 0 aromatic heterocycles. The molecule has 1 aromatic rings. The van der Waals surface area contributed by atoms with Crippen LogP contribution < -0.4 is 0 Å². The van der Waals surface area contributed by atoms with E-state index >= 15 is 0 Å². The van der Waals surface area contributed by atoms with Crippen molar-refractivity contribution in [2.75, 3.05) is 0 Å². The summed E-state index contributed by atoms with van der Waals surface area (Å²) in [6.07, 6.45) is -4.49. The number of hydrogen-bond acceptors (Lipinski definition) is 1. The molecule has 0 heterocycles. The first-order chi connectivity index (χ1) is 6.88. The van der Waals surface area contributed by atoms with Gasteiger partial charge in [0.1, 0.15) is 0 Å². The van der Waals surface area contributed by atoms with Gasteiger partial charge in [0.15, 0.2) is 0 Å². The van der Waals surface area contributed by atoms with E-state index < -0.39 is 11.7 Å². The van der Waals surface area contributed by atoms with E-state index in [0.717, 1.165) is 0 Å². The molecule has 0 aliphatic heterocycles. The third-order valence-corrected chi connectivity index (χ3v) is 2.01.